The van der Waals surface area contributed by atoms with Crippen molar-refractivity contribution in [3.8, 4) is 11.1 Å². The number of hydrogen-bond donors (Lipinski definition) is 1. The molecule has 1 aliphatic carbocycles. The summed E-state index contributed by atoms with van der Waals surface area (Å²) < 4.78 is 16.6. The molecule has 6 nitrogen and oxygen atoms in total. The number of rotatable bonds is 6. The van der Waals surface area contributed by atoms with Crippen LogP contribution in [-0.4, -0.2) is 31.6 Å². The highest BCUT2D eigenvalue weighted by atomic mass is 19.1. The van der Waals surface area contributed by atoms with Crippen LogP contribution >= 0.6 is 0 Å². The maximum Gasteiger partial charge on any atom is 0.169 e. The molecule has 0 spiro atoms. The highest BCUT2D eigenvalue weighted by molar-refractivity contribution is 6.08. The first kappa shape index (κ1) is 23.3. The van der Waals surface area contributed by atoms with E-state index >= 15 is 0 Å². The third-order valence-electron chi connectivity index (χ3n) is 7.10. The van der Waals surface area contributed by atoms with Crippen molar-refractivity contribution in [2.45, 2.75) is 58.0 Å². The molecule has 0 radical (unpaired) electrons. The van der Waals surface area contributed by atoms with E-state index in [4.69, 9.17) is 5.73 Å². The van der Waals surface area contributed by atoms with E-state index in [0.29, 0.717) is 28.3 Å². The molecule has 35 heavy (non-hydrogen) atoms. The Morgan fingerprint density at radius 1 is 1.14 bits per heavy atom. The van der Waals surface area contributed by atoms with E-state index in [1.54, 1.807) is 35.5 Å². The molecule has 2 N–H and O–H groups in total. The molecular weight excluding hydrogens is 441 g/mol. The summed E-state index contributed by atoms with van der Waals surface area (Å²) in [4.78, 5) is 22.3. The van der Waals surface area contributed by atoms with Gasteiger partial charge >= 0.3 is 0 Å². The summed E-state index contributed by atoms with van der Waals surface area (Å²) >= 11 is 0. The monoisotopic (exact) mass is 471 g/mol. The van der Waals surface area contributed by atoms with E-state index in [9.17, 15) is 9.18 Å². The largest absolute Gasteiger partial charge is 0.328 e. The Labute approximate surface area is 204 Å². The van der Waals surface area contributed by atoms with Crippen LogP contribution in [0.2, 0.25) is 0 Å². The van der Waals surface area contributed by atoms with Crippen LogP contribution < -0.4 is 5.73 Å². The molecule has 5 rings (SSSR count). The summed E-state index contributed by atoms with van der Waals surface area (Å²) in [7, 11) is 0. The van der Waals surface area contributed by atoms with Gasteiger partial charge in [-0.05, 0) is 73.4 Å². The second kappa shape index (κ2) is 9.66. The Morgan fingerprint density at radius 3 is 2.77 bits per heavy atom. The van der Waals surface area contributed by atoms with Gasteiger partial charge in [-0.15, -0.1) is 0 Å². The fourth-order valence-electron chi connectivity index (χ4n) is 5.42. The minimum absolute atomic E-state index is 0.101. The van der Waals surface area contributed by atoms with Crippen LogP contribution in [0.4, 0.5) is 4.39 Å². The van der Waals surface area contributed by atoms with E-state index in [1.807, 2.05) is 19.2 Å². The molecule has 1 fully saturated rings. The molecule has 0 bridgehead atoms. The normalized spacial score (nSPS) is 20.3. The molecule has 0 unspecified atom stereocenters. The number of aryl methyl sites for hydroxylation is 1. The highest BCUT2D eigenvalue weighted by Crippen LogP contribution is 2.37. The van der Waals surface area contributed by atoms with Crippen LogP contribution in [-0.2, 0) is 13.0 Å². The highest BCUT2D eigenvalue weighted by Gasteiger charge is 2.27. The second-order valence-corrected chi connectivity index (χ2v) is 9.74. The Morgan fingerprint density at radius 2 is 2.00 bits per heavy atom. The van der Waals surface area contributed by atoms with E-state index in [1.165, 1.54) is 12.1 Å². The van der Waals surface area contributed by atoms with E-state index < -0.39 is 5.82 Å². The fraction of sp³-hybridized carbons (Fsp3) is 0.357. The first-order valence-corrected chi connectivity index (χ1v) is 12.3. The summed E-state index contributed by atoms with van der Waals surface area (Å²) in [5, 5.41) is 4.62. The summed E-state index contributed by atoms with van der Waals surface area (Å²) in [5.74, 6) is 0.357. The van der Waals surface area contributed by atoms with Gasteiger partial charge in [0, 0.05) is 65.9 Å². The van der Waals surface area contributed by atoms with Gasteiger partial charge in [0.05, 0.1) is 11.7 Å². The van der Waals surface area contributed by atoms with Gasteiger partial charge in [0.15, 0.2) is 5.78 Å². The quantitative estimate of drug-likeness (QED) is 0.385. The van der Waals surface area contributed by atoms with Crippen molar-refractivity contribution in [1.29, 1.82) is 0 Å². The summed E-state index contributed by atoms with van der Waals surface area (Å²) in [6.07, 6.45) is 12.1. The molecule has 1 saturated carbocycles. The van der Waals surface area contributed by atoms with Crippen LogP contribution in [0, 0.1) is 11.7 Å². The number of fused-ring (bicyclic) bond motifs is 1. The van der Waals surface area contributed by atoms with E-state index in [2.05, 4.69) is 22.0 Å². The number of nitrogens with two attached hydrogens (primary N) is 1. The number of nitrogens with zero attached hydrogens (tertiary/aromatic N) is 4. The maximum absolute atomic E-state index is 14.8. The number of halogens is 1. The Bertz CT molecular complexity index is 1370. The molecular formula is C28H30FN5O. The zero-order valence-corrected chi connectivity index (χ0v) is 20.1. The molecule has 3 heterocycles. The van der Waals surface area contributed by atoms with Crippen LogP contribution in [0.5, 0.6) is 0 Å². The van der Waals surface area contributed by atoms with Gasteiger partial charge in [-0.1, -0.05) is 6.92 Å². The van der Waals surface area contributed by atoms with Crippen LogP contribution in [0.25, 0.3) is 22.0 Å². The van der Waals surface area contributed by atoms with Crippen molar-refractivity contribution >= 4 is 16.7 Å². The van der Waals surface area contributed by atoms with Crippen molar-refractivity contribution < 1.29 is 9.18 Å². The van der Waals surface area contributed by atoms with Gasteiger partial charge in [-0.2, -0.15) is 5.10 Å². The van der Waals surface area contributed by atoms with E-state index in [-0.39, 0.29) is 18.2 Å². The third-order valence-corrected chi connectivity index (χ3v) is 7.10. The van der Waals surface area contributed by atoms with Gasteiger partial charge in [0.1, 0.15) is 5.82 Å². The van der Waals surface area contributed by atoms with E-state index in [0.717, 1.165) is 48.1 Å². The average Bonchev–Trinajstić information content (AvgIpc) is 3.33. The molecule has 3 atom stereocenters. The molecule has 4 aromatic rings. The predicted molar refractivity (Wildman–Crippen MR) is 135 cm³/mol. The lowest BCUT2D eigenvalue weighted by molar-refractivity contribution is 0.0994. The molecule has 0 amide bonds. The summed E-state index contributed by atoms with van der Waals surface area (Å²) in [6, 6.07) is 6.82. The lowest BCUT2D eigenvalue weighted by Crippen LogP contribution is -2.31. The number of carbonyl (C=O) groups is 1. The molecule has 1 aliphatic rings. The number of ketones is 1. The number of aromatic nitrogens is 4. The minimum atomic E-state index is -0.402. The topological polar surface area (TPSA) is 86.7 Å². The molecule has 1 aromatic carbocycles. The van der Waals surface area contributed by atoms with Crippen molar-refractivity contribution in [3.63, 3.8) is 0 Å². The van der Waals surface area contributed by atoms with Crippen molar-refractivity contribution in [2.75, 3.05) is 0 Å². The standard InChI is InChI=1S/C28H30FN5O/c1-3-34-16-21(15-33-34)19-11-25-26(29)5-4-24(28(25)32-14-19)27(35)12-20-13-31-7-6-23(20)18-8-17(2)9-22(30)10-18/h4-7,11,13-18,22H,3,8-10,12,30H2,1-2H3/t17-,18+,22-/m0/s1. The second-order valence-electron chi connectivity index (χ2n) is 9.74. The average molecular weight is 472 g/mol. The first-order chi connectivity index (χ1) is 16.9. The van der Waals surface area contributed by atoms with Gasteiger partial charge < -0.3 is 5.73 Å². The lowest BCUT2D eigenvalue weighted by atomic mass is 9.75. The number of benzene rings is 1. The van der Waals surface area contributed by atoms with Gasteiger partial charge in [0.2, 0.25) is 0 Å². The fourth-order valence-corrected chi connectivity index (χ4v) is 5.42. The van der Waals surface area contributed by atoms with Crippen molar-refractivity contribution in [2.24, 2.45) is 11.7 Å². The minimum Gasteiger partial charge on any atom is -0.328 e. The predicted octanol–water partition coefficient (Wildman–Crippen LogP) is 5.31. The maximum atomic E-state index is 14.8. The van der Waals surface area contributed by atoms with Crippen LogP contribution in [0.3, 0.4) is 0 Å². The number of pyridine rings is 2. The molecule has 7 heteroatoms. The molecule has 180 valence electrons. The summed E-state index contributed by atoms with van der Waals surface area (Å²) in [5.41, 5.74) is 10.8. The van der Waals surface area contributed by atoms with Gasteiger partial charge in [-0.25, -0.2) is 4.39 Å². The lowest BCUT2D eigenvalue weighted by Gasteiger charge is -2.32. The number of Topliss-reactive ketones (excluding diaryl/α,β-unsaturated/α-hetero) is 1. The smallest absolute Gasteiger partial charge is 0.169 e. The SMILES string of the molecule is CCn1cc(-c2cnc3c(C(=O)Cc4cnccc4[C@@H]4C[C@H](C)C[C@H](N)C4)ccc(F)c3c2)cn1. The van der Waals surface area contributed by atoms with Gasteiger partial charge in [-0.3, -0.25) is 19.4 Å². The van der Waals surface area contributed by atoms with Gasteiger partial charge in [0.25, 0.3) is 0 Å². The zero-order valence-electron chi connectivity index (χ0n) is 20.1. The first-order valence-electron chi connectivity index (χ1n) is 12.3. The number of hydrogen-bond acceptors (Lipinski definition) is 5. The zero-order chi connectivity index (χ0) is 24.5. The Kier molecular flexibility index (Phi) is 6.43. The van der Waals surface area contributed by atoms with Crippen LogP contribution in [0.15, 0.2) is 55.2 Å². The number of carbonyl (C=O) groups excluding carboxylic acids is 1. The van der Waals surface area contributed by atoms with Crippen molar-refractivity contribution in [3.05, 3.63) is 77.8 Å². The summed E-state index contributed by atoms with van der Waals surface area (Å²) in [6.45, 7) is 4.98. The molecule has 0 aliphatic heterocycles. The Hall–Kier alpha value is -3.45. The van der Waals surface area contributed by atoms with Crippen molar-refractivity contribution in [1.82, 2.24) is 19.7 Å². The molecule has 0 saturated heterocycles. The molecule has 3 aromatic heterocycles. The third kappa shape index (κ3) is 4.73. The van der Waals surface area contributed by atoms with Crippen LogP contribution in [0.1, 0.15) is 60.5 Å². The Balaban J connectivity index is 1.47.